The van der Waals surface area contributed by atoms with Crippen molar-refractivity contribution in [2.75, 3.05) is 4.90 Å². The Bertz CT molecular complexity index is 2370. The summed E-state index contributed by atoms with van der Waals surface area (Å²) in [7, 11) is 0. The first-order valence-corrected chi connectivity index (χ1v) is 19.5. The Morgan fingerprint density at radius 1 is 0.788 bits per heavy atom. The number of nitrogens with zero attached hydrogens (tertiary/aromatic N) is 1. The van der Waals surface area contributed by atoms with Crippen molar-refractivity contribution >= 4 is 51.3 Å². The van der Waals surface area contributed by atoms with Crippen LogP contribution in [0.5, 0.6) is 0 Å². The van der Waals surface area contributed by atoms with Crippen LogP contribution in [-0.4, -0.2) is 6.71 Å². The summed E-state index contributed by atoms with van der Waals surface area (Å²) in [5.41, 5.74) is 18.9. The van der Waals surface area contributed by atoms with Crippen LogP contribution >= 0.6 is 0 Å². The SMILES string of the molecule is Cc1ccccc1C(C)CC1c2cccc3c2B(c2cc(C(C)(C)C)ccc2N3c2ccccc2)c2oc3cc4c(cc3c21)C(C)(C)CCC4(C)C. The van der Waals surface area contributed by atoms with Crippen molar-refractivity contribution in [2.24, 2.45) is 0 Å². The lowest BCUT2D eigenvalue weighted by molar-refractivity contribution is 0.332. The third kappa shape index (κ3) is 4.98. The fraction of sp³-hybridized carbons (Fsp3) is 0.347. The highest BCUT2D eigenvalue weighted by atomic mass is 16.3. The summed E-state index contributed by atoms with van der Waals surface area (Å²) in [6.07, 6.45) is 3.40. The van der Waals surface area contributed by atoms with E-state index in [0.717, 1.165) is 17.7 Å². The summed E-state index contributed by atoms with van der Waals surface area (Å²) in [6.45, 7) is 21.4. The van der Waals surface area contributed by atoms with Crippen molar-refractivity contribution in [3.8, 4) is 0 Å². The maximum Gasteiger partial charge on any atom is 0.292 e. The molecule has 0 N–H and O–H groups in total. The Morgan fingerprint density at radius 3 is 2.19 bits per heavy atom. The molecule has 52 heavy (non-hydrogen) atoms. The number of rotatable bonds is 4. The summed E-state index contributed by atoms with van der Waals surface area (Å²) in [5, 5.41) is 1.32. The Labute approximate surface area is 311 Å². The Morgan fingerprint density at radius 2 is 1.48 bits per heavy atom. The second-order valence-corrected chi connectivity index (χ2v) is 18.5. The van der Waals surface area contributed by atoms with Gasteiger partial charge in [-0.2, -0.15) is 0 Å². The van der Waals surface area contributed by atoms with Crippen molar-refractivity contribution in [1.82, 2.24) is 0 Å². The Hall–Kier alpha value is -4.50. The molecule has 3 aliphatic rings. The van der Waals surface area contributed by atoms with Crippen LogP contribution in [0.2, 0.25) is 0 Å². The molecule has 3 heterocycles. The first-order valence-electron chi connectivity index (χ1n) is 19.5. The zero-order valence-electron chi connectivity index (χ0n) is 32.5. The second kappa shape index (κ2) is 11.5. The molecule has 3 heteroatoms. The van der Waals surface area contributed by atoms with Crippen LogP contribution < -0.4 is 21.5 Å². The molecule has 5 aromatic carbocycles. The molecule has 0 saturated heterocycles. The lowest BCUT2D eigenvalue weighted by atomic mass is 9.33. The van der Waals surface area contributed by atoms with E-state index in [1.54, 1.807) is 0 Å². The highest BCUT2D eigenvalue weighted by Gasteiger charge is 2.48. The average molecular weight is 682 g/mol. The number of furan rings is 1. The van der Waals surface area contributed by atoms with Crippen molar-refractivity contribution in [2.45, 2.75) is 110 Å². The molecule has 0 saturated carbocycles. The second-order valence-electron chi connectivity index (χ2n) is 18.5. The van der Waals surface area contributed by atoms with Crippen molar-refractivity contribution in [3.63, 3.8) is 0 Å². The minimum Gasteiger partial charge on any atom is -0.470 e. The number of para-hydroxylation sites is 1. The minimum atomic E-state index is 0.00827. The van der Waals surface area contributed by atoms with Gasteiger partial charge in [-0.3, -0.25) is 0 Å². The van der Waals surface area contributed by atoms with Gasteiger partial charge in [-0.1, -0.05) is 122 Å². The van der Waals surface area contributed by atoms with E-state index >= 15 is 0 Å². The summed E-state index contributed by atoms with van der Waals surface area (Å²) in [6, 6.07) is 39.2. The van der Waals surface area contributed by atoms with E-state index in [-0.39, 0.29) is 28.9 Å². The largest absolute Gasteiger partial charge is 0.470 e. The van der Waals surface area contributed by atoms with Crippen molar-refractivity contribution in [3.05, 3.63) is 142 Å². The van der Waals surface area contributed by atoms with Crippen LogP contribution in [0.15, 0.2) is 108 Å². The molecule has 0 amide bonds. The van der Waals surface area contributed by atoms with Gasteiger partial charge in [0.05, 0.1) is 5.66 Å². The van der Waals surface area contributed by atoms with Crippen molar-refractivity contribution in [1.29, 1.82) is 0 Å². The number of hydrogen-bond donors (Lipinski definition) is 0. The van der Waals surface area contributed by atoms with E-state index in [4.69, 9.17) is 4.42 Å². The molecule has 1 aromatic heterocycles. The number of anilines is 3. The van der Waals surface area contributed by atoms with Crippen LogP contribution in [0.25, 0.3) is 11.0 Å². The minimum absolute atomic E-state index is 0.00827. The van der Waals surface area contributed by atoms with E-state index in [1.165, 1.54) is 85.2 Å². The van der Waals surface area contributed by atoms with E-state index in [9.17, 15) is 0 Å². The smallest absolute Gasteiger partial charge is 0.292 e. The van der Waals surface area contributed by atoms with Gasteiger partial charge in [0.1, 0.15) is 5.58 Å². The van der Waals surface area contributed by atoms with Crippen LogP contribution in [-0.2, 0) is 16.2 Å². The van der Waals surface area contributed by atoms with E-state index in [0.29, 0.717) is 5.92 Å². The normalized spacial score (nSPS) is 18.8. The van der Waals surface area contributed by atoms with Crippen LogP contribution in [0.4, 0.5) is 17.1 Å². The molecule has 2 atom stereocenters. The first kappa shape index (κ1) is 33.3. The molecule has 2 aliphatic heterocycles. The molecule has 2 nitrogen and oxygen atoms in total. The third-order valence-electron chi connectivity index (χ3n) is 13.1. The summed E-state index contributed by atoms with van der Waals surface area (Å²) in [4.78, 5) is 2.51. The van der Waals surface area contributed by atoms with Gasteiger partial charge in [0.2, 0.25) is 0 Å². The standard InChI is InChI=1S/C49H52BNO/c1-30-16-13-14-19-34(30)31(2)26-36-35-20-15-21-42-45(35)50(40-27-32(47(3,4)5)22-23-41(40)51(42)33-17-11-10-12-18-33)46-44(36)37-28-38-39(29-43(37)52-46)49(8,9)25-24-48(38,6)7/h10-23,27-29,31,36H,24-26H2,1-9H3. The molecule has 262 valence electrons. The van der Waals surface area contributed by atoms with Gasteiger partial charge in [0.25, 0.3) is 6.71 Å². The molecule has 2 unspecified atom stereocenters. The third-order valence-corrected chi connectivity index (χ3v) is 13.1. The highest BCUT2D eigenvalue weighted by molar-refractivity contribution is 6.98. The first-order chi connectivity index (χ1) is 24.7. The number of aryl methyl sites for hydroxylation is 1. The Kier molecular flexibility index (Phi) is 7.38. The Balaban J connectivity index is 1.36. The van der Waals surface area contributed by atoms with Crippen LogP contribution in [0, 0.1) is 6.92 Å². The molecule has 0 radical (unpaired) electrons. The van der Waals surface area contributed by atoms with E-state index < -0.39 is 0 Å². The predicted molar refractivity (Wildman–Crippen MR) is 222 cm³/mol. The van der Waals surface area contributed by atoms with Gasteiger partial charge in [0.15, 0.2) is 0 Å². The quantitative estimate of drug-likeness (QED) is 0.172. The summed E-state index contributed by atoms with van der Waals surface area (Å²) in [5.74, 6) is 0.567. The maximum absolute atomic E-state index is 7.41. The lowest BCUT2D eigenvalue weighted by Crippen LogP contribution is -2.61. The molecule has 1 aliphatic carbocycles. The number of hydrogen-bond acceptors (Lipinski definition) is 2. The van der Waals surface area contributed by atoms with Gasteiger partial charge in [-0.15, -0.1) is 0 Å². The predicted octanol–water partition coefficient (Wildman–Crippen LogP) is 11.3. The molecule has 0 spiro atoms. The van der Waals surface area contributed by atoms with Gasteiger partial charge in [-0.25, -0.2) is 0 Å². The van der Waals surface area contributed by atoms with E-state index in [1.807, 2.05) is 0 Å². The summed E-state index contributed by atoms with van der Waals surface area (Å²) >= 11 is 0. The monoisotopic (exact) mass is 681 g/mol. The molecular weight excluding hydrogens is 629 g/mol. The van der Waals surface area contributed by atoms with Gasteiger partial charge in [-0.05, 0) is 135 Å². The molecule has 0 bridgehead atoms. The fourth-order valence-electron chi connectivity index (χ4n) is 10.0. The van der Waals surface area contributed by atoms with Gasteiger partial charge >= 0.3 is 0 Å². The summed E-state index contributed by atoms with van der Waals surface area (Å²) < 4.78 is 7.41. The molecule has 0 fully saturated rings. The maximum atomic E-state index is 7.41. The number of benzene rings is 5. The van der Waals surface area contributed by atoms with E-state index in [2.05, 4.69) is 170 Å². The van der Waals surface area contributed by atoms with Crippen LogP contribution in [0.3, 0.4) is 0 Å². The highest BCUT2D eigenvalue weighted by Crippen LogP contribution is 2.50. The van der Waals surface area contributed by atoms with Gasteiger partial charge in [0, 0.05) is 28.4 Å². The zero-order valence-corrected chi connectivity index (χ0v) is 32.5. The number of fused-ring (bicyclic) bond motifs is 7. The topological polar surface area (TPSA) is 16.4 Å². The van der Waals surface area contributed by atoms with Crippen LogP contribution in [0.1, 0.15) is 125 Å². The fourth-order valence-corrected chi connectivity index (χ4v) is 10.0. The average Bonchev–Trinajstić information content (AvgIpc) is 3.49. The molecule has 9 rings (SSSR count). The lowest BCUT2D eigenvalue weighted by Gasteiger charge is -2.42. The van der Waals surface area contributed by atoms with Crippen molar-refractivity contribution < 1.29 is 4.42 Å². The van der Waals surface area contributed by atoms with Gasteiger partial charge < -0.3 is 9.32 Å². The zero-order chi connectivity index (χ0) is 36.3. The molecular formula is C49H52BNO. The molecule has 6 aromatic rings.